The van der Waals surface area contributed by atoms with Crippen LogP contribution in [0.5, 0.6) is 0 Å². The van der Waals surface area contributed by atoms with Gasteiger partial charge in [-0.25, -0.2) is 0 Å². The minimum absolute atomic E-state index is 0.411. The van der Waals surface area contributed by atoms with Crippen molar-refractivity contribution in [3.8, 4) is 6.07 Å². The SMILES string of the molecule is CC1(CNc2ccc(N)c(C#N)c2)CCCC1. The second kappa shape index (κ2) is 4.67. The number of nitriles is 1. The summed E-state index contributed by atoms with van der Waals surface area (Å²) >= 11 is 0. The summed E-state index contributed by atoms with van der Waals surface area (Å²) in [5.41, 5.74) is 8.19. The van der Waals surface area contributed by atoms with Gasteiger partial charge in [0.15, 0.2) is 0 Å². The molecular weight excluding hydrogens is 210 g/mol. The highest BCUT2D eigenvalue weighted by molar-refractivity contribution is 5.61. The Labute approximate surface area is 103 Å². The minimum atomic E-state index is 0.411. The molecule has 2 rings (SSSR count). The van der Waals surface area contributed by atoms with Crippen molar-refractivity contribution in [2.24, 2.45) is 5.41 Å². The third kappa shape index (κ3) is 2.71. The van der Waals surface area contributed by atoms with Crippen LogP contribution in [0.3, 0.4) is 0 Å². The summed E-state index contributed by atoms with van der Waals surface area (Å²) in [6.07, 6.45) is 5.26. The zero-order valence-corrected chi connectivity index (χ0v) is 10.3. The number of rotatable bonds is 3. The normalized spacial score (nSPS) is 17.6. The Bertz CT molecular complexity index is 439. The van der Waals surface area contributed by atoms with Gasteiger partial charge in [-0.3, -0.25) is 0 Å². The largest absolute Gasteiger partial charge is 0.398 e. The van der Waals surface area contributed by atoms with E-state index >= 15 is 0 Å². The number of anilines is 2. The molecule has 0 aromatic heterocycles. The van der Waals surface area contributed by atoms with E-state index in [2.05, 4.69) is 18.3 Å². The smallest absolute Gasteiger partial charge is 0.101 e. The lowest BCUT2D eigenvalue weighted by Gasteiger charge is -2.24. The molecular formula is C14H19N3. The van der Waals surface area contributed by atoms with Crippen molar-refractivity contribution in [3.05, 3.63) is 23.8 Å². The van der Waals surface area contributed by atoms with Gasteiger partial charge in [-0.1, -0.05) is 19.8 Å². The Morgan fingerprint density at radius 2 is 2.12 bits per heavy atom. The average molecular weight is 229 g/mol. The molecule has 3 N–H and O–H groups in total. The number of nitrogen functional groups attached to an aromatic ring is 1. The first-order chi connectivity index (χ1) is 8.13. The molecule has 3 heteroatoms. The van der Waals surface area contributed by atoms with Crippen LogP contribution in [0.25, 0.3) is 0 Å². The van der Waals surface area contributed by atoms with Crippen molar-refractivity contribution < 1.29 is 0 Å². The molecule has 0 bridgehead atoms. The lowest BCUT2D eigenvalue weighted by atomic mass is 9.89. The molecule has 0 atom stereocenters. The van der Waals surface area contributed by atoms with E-state index in [1.54, 1.807) is 6.07 Å². The third-order valence-corrected chi connectivity index (χ3v) is 3.70. The summed E-state index contributed by atoms with van der Waals surface area (Å²) in [6.45, 7) is 3.30. The molecule has 0 radical (unpaired) electrons. The molecule has 1 aromatic rings. The third-order valence-electron chi connectivity index (χ3n) is 3.70. The van der Waals surface area contributed by atoms with E-state index in [9.17, 15) is 0 Å². The fourth-order valence-corrected chi connectivity index (χ4v) is 2.48. The van der Waals surface area contributed by atoms with Crippen molar-refractivity contribution in [2.45, 2.75) is 32.6 Å². The number of nitrogens with zero attached hydrogens (tertiary/aromatic N) is 1. The summed E-state index contributed by atoms with van der Waals surface area (Å²) in [5.74, 6) is 0. The first-order valence-electron chi connectivity index (χ1n) is 6.16. The van der Waals surface area contributed by atoms with E-state index < -0.39 is 0 Å². The molecule has 0 heterocycles. The molecule has 1 fully saturated rings. The molecule has 1 aromatic carbocycles. The first kappa shape index (κ1) is 11.8. The topological polar surface area (TPSA) is 61.8 Å². The Kier molecular flexibility index (Phi) is 3.23. The molecule has 3 nitrogen and oxygen atoms in total. The van der Waals surface area contributed by atoms with Crippen LogP contribution in [0.1, 0.15) is 38.2 Å². The molecule has 0 unspecified atom stereocenters. The zero-order chi connectivity index (χ0) is 12.3. The van der Waals surface area contributed by atoms with E-state index in [4.69, 9.17) is 11.0 Å². The van der Waals surface area contributed by atoms with Crippen LogP contribution in [0, 0.1) is 16.7 Å². The summed E-state index contributed by atoms with van der Waals surface area (Å²) in [4.78, 5) is 0. The van der Waals surface area contributed by atoms with Gasteiger partial charge in [-0.05, 0) is 36.5 Å². The number of nitrogens with one attached hydrogen (secondary N) is 1. The molecule has 1 aliphatic carbocycles. The van der Waals surface area contributed by atoms with Gasteiger partial charge in [0.2, 0.25) is 0 Å². The van der Waals surface area contributed by atoms with Crippen LogP contribution in [0.4, 0.5) is 11.4 Å². The Morgan fingerprint density at radius 1 is 1.41 bits per heavy atom. The maximum atomic E-state index is 8.92. The van der Waals surface area contributed by atoms with E-state index in [-0.39, 0.29) is 0 Å². The first-order valence-corrected chi connectivity index (χ1v) is 6.16. The van der Waals surface area contributed by atoms with E-state index in [0.29, 0.717) is 16.7 Å². The Morgan fingerprint density at radius 3 is 2.76 bits per heavy atom. The van der Waals surface area contributed by atoms with Gasteiger partial charge in [0, 0.05) is 17.9 Å². The van der Waals surface area contributed by atoms with Crippen LogP contribution in [0.15, 0.2) is 18.2 Å². The Balaban J connectivity index is 2.02. The highest BCUT2D eigenvalue weighted by Gasteiger charge is 2.28. The molecule has 0 amide bonds. The van der Waals surface area contributed by atoms with Crippen molar-refractivity contribution in [1.82, 2.24) is 0 Å². The second-order valence-corrected chi connectivity index (χ2v) is 5.29. The summed E-state index contributed by atoms with van der Waals surface area (Å²) in [6, 6.07) is 7.66. The lowest BCUT2D eigenvalue weighted by molar-refractivity contribution is 0.362. The fraction of sp³-hybridized carbons (Fsp3) is 0.500. The van der Waals surface area contributed by atoms with E-state index in [1.807, 2.05) is 12.1 Å². The van der Waals surface area contributed by atoms with Crippen molar-refractivity contribution in [3.63, 3.8) is 0 Å². The highest BCUT2D eigenvalue weighted by atomic mass is 14.9. The highest BCUT2D eigenvalue weighted by Crippen LogP contribution is 2.37. The summed E-state index contributed by atoms with van der Waals surface area (Å²) in [7, 11) is 0. The molecule has 0 aliphatic heterocycles. The van der Waals surface area contributed by atoms with Gasteiger partial charge in [-0.15, -0.1) is 0 Å². The fourth-order valence-electron chi connectivity index (χ4n) is 2.48. The molecule has 90 valence electrons. The molecule has 1 saturated carbocycles. The van der Waals surface area contributed by atoms with Gasteiger partial charge in [-0.2, -0.15) is 5.26 Å². The maximum absolute atomic E-state index is 8.92. The quantitative estimate of drug-likeness (QED) is 0.783. The summed E-state index contributed by atoms with van der Waals surface area (Å²) < 4.78 is 0. The second-order valence-electron chi connectivity index (χ2n) is 5.29. The predicted molar refractivity (Wildman–Crippen MR) is 70.6 cm³/mol. The van der Waals surface area contributed by atoms with Crippen LogP contribution in [0.2, 0.25) is 0 Å². The number of benzene rings is 1. The standard InChI is InChI=1S/C14H19N3/c1-14(6-2-3-7-14)10-17-12-4-5-13(16)11(8-12)9-15/h4-5,8,17H,2-3,6-7,10,16H2,1H3. The van der Waals surface area contributed by atoms with Crippen LogP contribution >= 0.6 is 0 Å². The van der Waals surface area contributed by atoms with E-state index in [1.165, 1.54) is 25.7 Å². The number of nitrogens with two attached hydrogens (primary N) is 1. The molecule has 0 saturated heterocycles. The van der Waals surface area contributed by atoms with Crippen molar-refractivity contribution >= 4 is 11.4 Å². The predicted octanol–water partition coefficient (Wildman–Crippen LogP) is 3.13. The van der Waals surface area contributed by atoms with Crippen LogP contribution in [-0.4, -0.2) is 6.54 Å². The molecule has 0 spiro atoms. The molecule has 17 heavy (non-hydrogen) atoms. The average Bonchev–Trinajstić information content (AvgIpc) is 2.76. The van der Waals surface area contributed by atoms with Crippen molar-refractivity contribution in [2.75, 3.05) is 17.6 Å². The minimum Gasteiger partial charge on any atom is -0.398 e. The van der Waals surface area contributed by atoms with Gasteiger partial charge in [0.05, 0.1) is 5.56 Å². The van der Waals surface area contributed by atoms with Crippen LogP contribution in [-0.2, 0) is 0 Å². The van der Waals surface area contributed by atoms with Gasteiger partial charge in [0.1, 0.15) is 6.07 Å². The monoisotopic (exact) mass is 229 g/mol. The Hall–Kier alpha value is -1.69. The van der Waals surface area contributed by atoms with Gasteiger partial charge < -0.3 is 11.1 Å². The summed E-state index contributed by atoms with van der Waals surface area (Å²) in [5, 5.41) is 12.3. The van der Waals surface area contributed by atoms with Gasteiger partial charge >= 0.3 is 0 Å². The number of hydrogen-bond acceptors (Lipinski definition) is 3. The van der Waals surface area contributed by atoms with E-state index in [0.717, 1.165) is 12.2 Å². The number of hydrogen-bond donors (Lipinski definition) is 2. The molecule has 1 aliphatic rings. The zero-order valence-electron chi connectivity index (χ0n) is 10.3. The van der Waals surface area contributed by atoms with Crippen LogP contribution < -0.4 is 11.1 Å². The maximum Gasteiger partial charge on any atom is 0.101 e. The van der Waals surface area contributed by atoms with Crippen molar-refractivity contribution in [1.29, 1.82) is 5.26 Å². The van der Waals surface area contributed by atoms with Gasteiger partial charge in [0.25, 0.3) is 0 Å². The lowest BCUT2D eigenvalue weighted by Crippen LogP contribution is -2.22.